The maximum absolute atomic E-state index is 14.5. The number of hydrogen-bond acceptors (Lipinski definition) is 2. The second-order valence-electron chi connectivity index (χ2n) is 6.35. The van der Waals surface area contributed by atoms with E-state index in [4.69, 9.17) is 17.3 Å². The van der Waals surface area contributed by atoms with Crippen molar-refractivity contribution >= 4 is 29.9 Å². The van der Waals surface area contributed by atoms with Crippen LogP contribution in [0.25, 0.3) is 11.1 Å². The molecule has 3 rings (SSSR count). The molecule has 2 aromatic carbocycles. The van der Waals surface area contributed by atoms with Crippen LogP contribution in [-0.2, 0) is 0 Å². The van der Waals surface area contributed by atoms with E-state index in [1.807, 2.05) is 19.1 Å². The van der Waals surface area contributed by atoms with Crippen molar-refractivity contribution in [2.75, 3.05) is 13.1 Å². The molecular weight excluding hydrogens is 362 g/mol. The van der Waals surface area contributed by atoms with Crippen LogP contribution in [0.3, 0.4) is 0 Å². The molecule has 25 heavy (non-hydrogen) atoms. The van der Waals surface area contributed by atoms with Crippen molar-refractivity contribution < 1.29 is 9.18 Å². The summed E-state index contributed by atoms with van der Waals surface area (Å²) in [7, 11) is 0. The minimum Gasteiger partial charge on any atom is -0.336 e. The maximum atomic E-state index is 14.5. The summed E-state index contributed by atoms with van der Waals surface area (Å²) >= 11 is 5.87. The number of carbonyl (C=O) groups is 1. The first-order valence-corrected chi connectivity index (χ1v) is 8.44. The molecular formula is C19H21Cl2FN2O. The van der Waals surface area contributed by atoms with Crippen molar-refractivity contribution in [3.05, 3.63) is 58.9 Å². The minimum atomic E-state index is -0.504. The summed E-state index contributed by atoms with van der Waals surface area (Å²) in [6.45, 7) is 3.12. The van der Waals surface area contributed by atoms with Gasteiger partial charge < -0.3 is 10.6 Å². The Bertz CT molecular complexity index is 752. The lowest BCUT2D eigenvalue weighted by Crippen LogP contribution is -2.35. The van der Waals surface area contributed by atoms with Gasteiger partial charge >= 0.3 is 0 Å². The summed E-state index contributed by atoms with van der Waals surface area (Å²) in [5.41, 5.74) is 7.38. The summed E-state index contributed by atoms with van der Waals surface area (Å²) in [4.78, 5) is 14.4. The Kier molecular flexibility index (Phi) is 6.44. The zero-order valence-electron chi connectivity index (χ0n) is 13.9. The van der Waals surface area contributed by atoms with Crippen LogP contribution in [0.1, 0.15) is 23.7 Å². The predicted octanol–water partition coefficient (Wildman–Crippen LogP) is 4.38. The Morgan fingerprint density at radius 1 is 1.24 bits per heavy atom. The van der Waals surface area contributed by atoms with E-state index >= 15 is 0 Å². The van der Waals surface area contributed by atoms with Gasteiger partial charge in [0.15, 0.2) is 0 Å². The topological polar surface area (TPSA) is 46.3 Å². The average molecular weight is 383 g/mol. The largest absolute Gasteiger partial charge is 0.336 e. The number of likely N-dealkylation sites (tertiary alicyclic amines) is 1. The Hall–Kier alpha value is -1.62. The quantitative estimate of drug-likeness (QED) is 0.855. The first kappa shape index (κ1) is 19.7. The van der Waals surface area contributed by atoms with Gasteiger partial charge in [-0.05, 0) is 61.2 Å². The molecule has 2 aromatic rings. The van der Waals surface area contributed by atoms with E-state index in [0.29, 0.717) is 24.0 Å². The van der Waals surface area contributed by atoms with E-state index in [0.717, 1.165) is 17.5 Å². The van der Waals surface area contributed by atoms with Gasteiger partial charge in [0.05, 0.1) is 5.56 Å². The molecule has 0 spiro atoms. The third kappa shape index (κ3) is 4.14. The van der Waals surface area contributed by atoms with Gasteiger partial charge in [0.25, 0.3) is 5.91 Å². The van der Waals surface area contributed by atoms with Gasteiger partial charge in [-0.15, -0.1) is 12.4 Å². The SMILES string of the molecule is CC1CC(CN)CN1C(=O)c1ccc(-c2ccc(Cl)cc2)cc1F.Cl. The van der Waals surface area contributed by atoms with E-state index in [2.05, 4.69) is 0 Å². The Labute approximate surface area is 158 Å². The van der Waals surface area contributed by atoms with Crippen molar-refractivity contribution in [1.82, 2.24) is 4.90 Å². The van der Waals surface area contributed by atoms with E-state index < -0.39 is 5.82 Å². The lowest BCUT2D eigenvalue weighted by atomic mass is 10.0. The Balaban J connectivity index is 0.00000225. The fourth-order valence-corrected chi connectivity index (χ4v) is 3.39. The van der Waals surface area contributed by atoms with Crippen LogP contribution in [0.4, 0.5) is 4.39 Å². The molecule has 2 N–H and O–H groups in total. The maximum Gasteiger partial charge on any atom is 0.257 e. The van der Waals surface area contributed by atoms with Crippen molar-refractivity contribution in [1.29, 1.82) is 0 Å². The number of amides is 1. The highest BCUT2D eigenvalue weighted by atomic mass is 35.5. The molecule has 1 aliphatic rings. The number of rotatable bonds is 3. The van der Waals surface area contributed by atoms with E-state index in [1.54, 1.807) is 29.2 Å². The molecule has 1 aliphatic heterocycles. The van der Waals surface area contributed by atoms with Crippen LogP contribution in [0.2, 0.25) is 5.02 Å². The van der Waals surface area contributed by atoms with Crippen LogP contribution >= 0.6 is 24.0 Å². The average Bonchev–Trinajstić information content (AvgIpc) is 2.96. The van der Waals surface area contributed by atoms with E-state index in [-0.39, 0.29) is 29.9 Å². The second-order valence-corrected chi connectivity index (χ2v) is 6.78. The summed E-state index contributed by atoms with van der Waals surface area (Å²) < 4.78 is 14.5. The van der Waals surface area contributed by atoms with E-state index in [1.165, 1.54) is 6.07 Å². The molecule has 0 aliphatic carbocycles. The number of halogens is 3. The summed E-state index contributed by atoms with van der Waals surface area (Å²) in [5.74, 6) is -0.477. The van der Waals surface area contributed by atoms with Crippen LogP contribution in [-0.4, -0.2) is 29.9 Å². The molecule has 2 unspecified atom stereocenters. The number of nitrogens with two attached hydrogens (primary N) is 1. The fraction of sp³-hybridized carbons (Fsp3) is 0.316. The number of nitrogens with zero attached hydrogens (tertiary/aromatic N) is 1. The molecule has 2 atom stereocenters. The third-order valence-corrected chi connectivity index (χ3v) is 4.88. The lowest BCUT2D eigenvalue weighted by Gasteiger charge is -2.22. The molecule has 1 saturated heterocycles. The summed E-state index contributed by atoms with van der Waals surface area (Å²) in [5, 5.41) is 0.628. The smallest absolute Gasteiger partial charge is 0.257 e. The zero-order chi connectivity index (χ0) is 17.3. The zero-order valence-corrected chi connectivity index (χ0v) is 15.5. The normalized spacial score (nSPS) is 19.6. The highest BCUT2D eigenvalue weighted by Crippen LogP contribution is 2.27. The summed E-state index contributed by atoms with van der Waals surface area (Å²) in [6.07, 6.45) is 0.868. The Morgan fingerprint density at radius 3 is 2.44 bits per heavy atom. The lowest BCUT2D eigenvalue weighted by molar-refractivity contribution is 0.0739. The van der Waals surface area contributed by atoms with Crippen molar-refractivity contribution in [2.24, 2.45) is 11.7 Å². The van der Waals surface area contributed by atoms with Gasteiger partial charge in [-0.2, -0.15) is 0 Å². The molecule has 0 saturated carbocycles. The monoisotopic (exact) mass is 382 g/mol. The fourth-order valence-electron chi connectivity index (χ4n) is 3.26. The van der Waals surface area contributed by atoms with Gasteiger partial charge in [0.1, 0.15) is 5.82 Å². The number of benzene rings is 2. The van der Waals surface area contributed by atoms with Crippen molar-refractivity contribution in [3.63, 3.8) is 0 Å². The van der Waals surface area contributed by atoms with Gasteiger partial charge in [0.2, 0.25) is 0 Å². The highest BCUT2D eigenvalue weighted by molar-refractivity contribution is 6.30. The molecule has 1 heterocycles. The molecule has 134 valence electrons. The molecule has 1 amide bonds. The molecule has 6 heteroatoms. The predicted molar refractivity (Wildman–Crippen MR) is 102 cm³/mol. The van der Waals surface area contributed by atoms with Crippen LogP contribution in [0, 0.1) is 11.7 Å². The second kappa shape index (κ2) is 8.17. The van der Waals surface area contributed by atoms with Gasteiger partial charge in [-0.1, -0.05) is 29.8 Å². The number of carbonyl (C=O) groups excluding carboxylic acids is 1. The first-order valence-electron chi connectivity index (χ1n) is 8.06. The van der Waals surface area contributed by atoms with Crippen LogP contribution in [0.15, 0.2) is 42.5 Å². The number of hydrogen-bond donors (Lipinski definition) is 1. The van der Waals surface area contributed by atoms with E-state index in [9.17, 15) is 9.18 Å². The van der Waals surface area contributed by atoms with Gasteiger partial charge in [-0.3, -0.25) is 4.79 Å². The van der Waals surface area contributed by atoms with Gasteiger partial charge in [0, 0.05) is 17.6 Å². The van der Waals surface area contributed by atoms with Crippen LogP contribution in [0.5, 0.6) is 0 Å². The standard InChI is InChI=1S/C19H20ClFN2O.ClH/c1-12-8-13(10-22)11-23(12)19(24)17-7-4-15(9-18(17)21)14-2-5-16(20)6-3-14;/h2-7,9,12-13H,8,10-11,22H2,1H3;1H. The molecule has 0 aromatic heterocycles. The molecule has 0 radical (unpaired) electrons. The van der Waals surface area contributed by atoms with Crippen molar-refractivity contribution in [2.45, 2.75) is 19.4 Å². The van der Waals surface area contributed by atoms with Crippen LogP contribution < -0.4 is 5.73 Å². The minimum absolute atomic E-state index is 0. The summed E-state index contributed by atoms with van der Waals surface area (Å²) in [6, 6.07) is 12.0. The van der Waals surface area contributed by atoms with Gasteiger partial charge in [-0.25, -0.2) is 4.39 Å². The van der Waals surface area contributed by atoms with Crippen molar-refractivity contribution in [3.8, 4) is 11.1 Å². The molecule has 3 nitrogen and oxygen atoms in total. The highest BCUT2D eigenvalue weighted by Gasteiger charge is 2.33. The molecule has 0 bridgehead atoms. The third-order valence-electron chi connectivity index (χ3n) is 4.63. The first-order chi connectivity index (χ1) is 11.5. The molecule has 1 fully saturated rings. The Morgan fingerprint density at radius 2 is 1.88 bits per heavy atom.